The van der Waals surface area contributed by atoms with E-state index in [1.165, 1.54) is 0 Å². The van der Waals surface area contributed by atoms with Gasteiger partial charge in [0.05, 0.1) is 0 Å². The van der Waals surface area contributed by atoms with Gasteiger partial charge in [-0.2, -0.15) is 4.98 Å². The molecule has 2 aromatic rings. The van der Waals surface area contributed by atoms with Crippen LogP contribution in [0.5, 0.6) is 0 Å². The molecule has 0 atom stereocenters. The zero-order valence-electron chi connectivity index (χ0n) is 14.3. The van der Waals surface area contributed by atoms with Crippen LogP contribution in [0, 0.1) is 6.92 Å². The van der Waals surface area contributed by atoms with E-state index < -0.39 is 0 Å². The molecule has 0 unspecified atom stereocenters. The minimum Gasteiger partial charge on any atom is -0.355 e. The van der Waals surface area contributed by atoms with Gasteiger partial charge in [0.15, 0.2) is 5.82 Å². The summed E-state index contributed by atoms with van der Waals surface area (Å²) in [5.74, 6) is 1.31. The first-order valence-electron chi connectivity index (χ1n) is 8.25. The van der Waals surface area contributed by atoms with Gasteiger partial charge in [-0.3, -0.25) is 4.79 Å². The average Bonchev–Trinajstić information content (AvgIpc) is 3.07. The molecule has 0 aliphatic carbocycles. The highest BCUT2D eigenvalue weighted by molar-refractivity contribution is 5.96. The molecule has 3 amide bonds. The lowest BCUT2D eigenvalue weighted by Gasteiger charge is -2.30. The molecule has 1 fully saturated rings. The SMILES string of the molecule is CNC(=O)c1cccc(NC(=O)N2CCC(c3noc(C)n3)CC2)c1. The molecule has 2 N–H and O–H groups in total. The third kappa shape index (κ3) is 3.96. The van der Waals surface area contributed by atoms with E-state index in [0.29, 0.717) is 30.2 Å². The quantitative estimate of drug-likeness (QED) is 0.889. The van der Waals surface area contributed by atoms with Crippen LogP contribution >= 0.6 is 0 Å². The molecule has 0 saturated carbocycles. The maximum Gasteiger partial charge on any atom is 0.321 e. The van der Waals surface area contributed by atoms with Crippen LogP contribution in [0.25, 0.3) is 0 Å². The fraction of sp³-hybridized carbons (Fsp3) is 0.412. The summed E-state index contributed by atoms with van der Waals surface area (Å²) >= 11 is 0. The Morgan fingerprint density at radius 3 is 2.68 bits per heavy atom. The topological polar surface area (TPSA) is 100 Å². The van der Waals surface area contributed by atoms with Crippen molar-refractivity contribution in [3.63, 3.8) is 0 Å². The van der Waals surface area contributed by atoms with Gasteiger partial charge in [-0.15, -0.1) is 0 Å². The first-order chi connectivity index (χ1) is 12.1. The molecule has 1 aromatic carbocycles. The van der Waals surface area contributed by atoms with Gasteiger partial charge in [-0.25, -0.2) is 4.79 Å². The number of hydrogen-bond donors (Lipinski definition) is 2. The average molecular weight is 343 g/mol. The van der Waals surface area contributed by atoms with E-state index in [1.807, 2.05) is 0 Å². The number of aromatic nitrogens is 2. The van der Waals surface area contributed by atoms with Gasteiger partial charge in [0.1, 0.15) is 0 Å². The van der Waals surface area contributed by atoms with Gasteiger partial charge in [0, 0.05) is 44.2 Å². The number of rotatable bonds is 3. The number of carbonyl (C=O) groups excluding carboxylic acids is 2. The summed E-state index contributed by atoms with van der Waals surface area (Å²) in [4.78, 5) is 30.1. The number of urea groups is 1. The number of anilines is 1. The number of hydrogen-bond acceptors (Lipinski definition) is 5. The van der Waals surface area contributed by atoms with Gasteiger partial charge in [0.25, 0.3) is 5.91 Å². The molecule has 1 aliphatic heterocycles. The molecule has 1 saturated heterocycles. The van der Waals surface area contributed by atoms with Gasteiger partial charge in [-0.05, 0) is 31.0 Å². The molecule has 132 valence electrons. The van der Waals surface area contributed by atoms with Crippen molar-refractivity contribution in [2.75, 3.05) is 25.5 Å². The normalized spacial score (nSPS) is 15.0. The third-order valence-corrected chi connectivity index (χ3v) is 4.29. The smallest absolute Gasteiger partial charge is 0.321 e. The van der Waals surface area contributed by atoms with Crippen LogP contribution in [0.4, 0.5) is 10.5 Å². The fourth-order valence-corrected chi connectivity index (χ4v) is 2.91. The number of nitrogens with zero attached hydrogens (tertiary/aromatic N) is 3. The van der Waals surface area contributed by atoms with Crippen molar-refractivity contribution < 1.29 is 14.1 Å². The number of aryl methyl sites for hydroxylation is 1. The zero-order chi connectivity index (χ0) is 17.8. The van der Waals surface area contributed by atoms with Crippen molar-refractivity contribution in [2.45, 2.75) is 25.7 Å². The summed E-state index contributed by atoms with van der Waals surface area (Å²) in [7, 11) is 1.57. The highest BCUT2D eigenvalue weighted by atomic mass is 16.5. The van der Waals surface area contributed by atoms with Crippen LogP contribution in [0.15, 0.2) is 28.8 Å². The number of likely N-dealkylation sites (tertiary alicyclic amines) is 1. The van der Waals surface area contributed by atoms with Crippen molar-refractivity contribution >= 4 is 17.6 Å². The van der Waals surface area contributed by atoms with E-state index >= 15 is 0 Å². The molecule has 8 nitrogen and oxygen atoms in total. The Morgan fingerprint density at radius 1 is 1.28 bits per heavy atom. The van der Waals surface area contributed by atoms with Crippen LogP contribution in [-0.2, 0) is 0 Å². The first kappa shape index (κ1) is 16.9. The van der Waals surface area contributed by atoms with E-state index in [2.05, 4.69) is 20.8 Å². The molecule has 2 heterocycles. The Hall–Kier alpha value is -2.90. The lowest BCUT2D eigenvalue weighted by Crippen LogP contribution is -2.40. The predicted octanol–water partition coefficient (Wildman–Crippen LogP) is 2.15. The minimum absolute atomic E-state index is 0.170. The van der Waals surface area contributed by atoms with Gasteiger partial charge >= 0.3 is 6.03 Å². The Kier molecular flexibility index (Phi) is 4.97. The summed E-state index contributed by atoms with van der Waals surface area (Å²) in [6, 6.07) is 6.69. The monoisotopic (exact) mass is 343 g/mol. The zero-order valence-corrected chi connectivity index (χ0v) is 14.3. The second kappa shape index (κ2) is 7.33. The standard InChI is InChI=1S/C17H21N5O3/c1-11-19-15(21-25-11)12-6-8-22(9-7-12)17(24)20-14-5-3-4-13(10-14)16(23)18-2/h3-5,10,12H,6-9H2,1-2H3,(H,18,23)(H,20,24). The maximum atomic E-state index is 12.4. The number of nitrogens with one attached hydrogen (secondary N) is 2. The third-order valence-electron chi connectivity index (χ3n) is 4.29. The summed E-state index contributed by atoms with van der Waals surface area (Å²) in [6.07, 6.45) is 1.59. The number of carbonyl (C=O) groups is 2. The van der Waals surface area contributed by atoms with E-state index in [1.54, 1.807) is 43.1 Å². The Morgan fingerprint density at radius 2 is 2.04 bits per heavy atom. The van der Waals surface area contributed by atoms with E-state index in [9.17, 15) is 9.59 Å². The van der Waals surface area contributed by atoms with E-state index in [4.69, 9.17) is 4.52 Å². The van der Waals surface area contributed by atoms with Gasteiger partial charge in [-0.1, -0.05) is 11.2 Å². The molecule has 8 heteroatoms. The molecule has 1 aliphatic rings. The predicted molar refractivity (Wildman–Crippen MR) is 91.4 cm³/mol. The largest absolute Gasteiger partial charge is 0.355 e. The molecule has 0 bridgehead atoms. The molecular formula is C17H21N5O3. The molecular weight excluding hydrogens is 322 g/mol. The number of piperidine rings is 1. The van der Waals surface area contributed by atoms with Crippen LogP contribution in [0.3, 0.4) is 0 Å². The first-order valence-corrected chi connectivity index (χ1v) is 8.25. The second-order valence-corrected chi connectivity index (χ2v) is 6.02. The fourth-order valence-electron chi connectivity index (χ4n) is 2.91. The molecule has 1 aromatic heterocycles. The van der Waals surface area contributed by atoms with Gasteiger partial charge in [0.2, 0.25) is 5.89 Å². The molecule has 0 radical (unpaired) electrons. The lowest BCUT2D eigenvalue weighted by atomic mass is 9.96. The van der Waals surface area contributed by atoms with Crippen molar-refractivity contribution in [3.8, 4) is 0 Å². The lowest BCUT2D eigenvalue weighted by molar-refractivity contribution is 0.0963. The van der Waals surface area contributed by atoms with Crippen LogP contribution < -0.4 is 10.6 Å². The van der Waals surface area contributed by atoms with Gasteiger partial charge < -0.3 is 20.1 Å². The molecule has 3 rings (SSSR count). The summed E-state index contributed by atoms with van der Waals surface area (Å²) < 4.78 is 5.02. The summed E-state index contributed by atoms with van der Waals surface area (Å²) in [5.41, 5.74) is 1.11. The van der Waals surface area contributed by atoms with Crippen LogP contribution in [-0.4, -0.2) is 47.1 Å². The molecule has 0 spiro atoms. The number of benzene rings is 1. The summed E-state index contributed by atoms with van der Waals surface area (Å²) in [6.45, 7) is 3.02. The number of amides is 3. The van der Waals surface area contributed by atoms with Crippen LogP contribution in [0.2, 0.25) is 0 Å². The Balaban J connectivity index is 1.57. The summed E-state index contributed by atoms with van der Waals surface area (Å²) in [5, 5.41) is 9.38. The van der Waals surface area contributed by atoms with Crippen molar-refractivity contribution in [1.29, 1.82) is 0 Å². The van der Waals surface area contributed by atoms with Crippen molar-refractivity contribution in [3.05, 3.63) is 41.5 Å². The van der Waals surface area contributed by atoms with Crippen molar-refractivity contribution in [2.24, 2.45) is 0 Å². The van der Waals surface area contributed by atoms with E-state index in [0.717, 1.165) is 18.7 Å². The maximum absolute atomic E-state index is 12.4. The second-order valence-electron chi connectivity index (χ2n) is 6.02. The van der Waals surface area contributed by atoms with Crippen molar-refractivity contribution in [1.82, 2.24) is 20.4 Å². The Labute approximate surface area is 145 Å². The highest BCUT2D eigenvalue weighted by Crippen LogP contribution is 2.26. The molecule has 25 heavy (non-hydrogen) atoms. The minimum atomic E-state index is -0.188. The Bertz CT molecular complexity index is 765. The van der Waals surface area contributed by atoms with E-state index in [-0.39, 0.29) is 17.9 Å². The van der Waals surface area contributed by atoms with Crippen LogP contribution in [0.1, 0.15) is 40.8 Å². The highest BCUT2D eigenvalue weighted by Gasteiger charge is 2.26.